The number of rotatable bonds is 3. The number of hydrogen-bond acceptors (Lipinski definition) is 2. The second kappa shape index (κ2) is 6.74. The van der Waals surface area contributed by atoms with E-state index in [0.29, 0.717) is 23.8 Å². The molecule has 1 amide bonds. The Hall–Kier alpha value is -0.570. The first kappa shape index (κ1) is 14.8. The van der Waals surface area contributed by atoms with Gasteiger partial charge in [0.1, 0.15) is 0 Å². The van der Waals surface area contributed by atoms with Gasteiger partial charge >= 0.3 is 0 Å². The maximum Gasteiger partial charge on any atom is 0.223 e. The fraction of sp³-hybridized carbons (Fsp3) is 0.938. The highest BCUT2D eigenvalue weighted by Gasteiger charge is 2.31. The largest absolute Gasteiger partial charge is 0.353 e. The van der Waals surface area contributed by atoms with Gasteiger partial charge in [-0.25, -0.2) is 0 Å². The van der Waals surface area contributed by atoms with Crippen molar-refractivity contribution in [2.24, 2.45) is 29.4 Å². The maximum absolute atomic E-state index is 12.4. The van der Waals surface area contributed by atoms with Gasteiger partial charge < -0.3 is 11.1 Å². The summed E-state index contributed by atoms with van der Waals surface area (Å²) in [6, 6.07) is 0.406. The molecule has 0 aromatic rings. The SMILES string of the molecule is CC1CCCC(NC(=O)C2CCC(CN)CC2)C1C. The highest BCUT2D eigenvalue weighted by molar-refractivity contribution is 5.79. The molecule has 0 saturated heterocycles. The Balaban J connectivity index is 1.81. The summed E-state index contributed by atoms with van der Waals surface area (Å²) < 4.78 is 0. The van der Waals surface area contributed by atoms with E-state index < -0.39 is 0 Å². The van der Waals surface area contributed by atoms with Gasteiger partial charge in [0.2, 0.25) is 5.91 Å². The van der Waals surface area contributed by atoms with Gasteiger partial charge in [-0.1, -0.05) is 26.7 Å². The van der Waals surface area contributed by atoms with Crippen molar-refractivity contribution >= 4 is 5.91 Å². The summed E-state index contributed by atoms with van der Waals surface area (Å²) in [4.78, 5) is 12.4. The topological polar surface area (TPSA) is 55.1 Å². The lowest BCUT2D eigenvalue weighted by Gasteiger charge is -2.36. The van der Waals surface area contributed by atoms with Gasteiger partial charge in [-0.05, 0) is 56.4 Å². The first-order valence-electron chi connectivity index (χ1n) is 8.12. The normalized spacial score (nSPS) is 39.8. The third-order valence-corrected chi connectivity index (χ3v) is 5.59. The summed E-state index contributed by atoms with van der Waals surface area (Å²) in [6.45, 7) is 5.39. The van der Waals surface area contributed by atoms with Gasteiger partial charge in [-0.2, -0.15) is 0 Å². The zero-order chi connectivity index (χ0) is 13.8. The van der Waals surface area contributed by atoms with Crippen LogP contribution in [0.15, 0.2) is 0 Å². The summed E-state index contributed by atoms with van der Waals surface area (Å²) >= 11 is 0. The maximum atomic E-state index is 12.4. The van der Waals surface area contributed by atoms with Crippen molar-refractivity contribution in [3.63, 3.8) is 0 Å². The van der Waals surface area contributed by atoms with Crippen molar-refractivity contribution in [3.05, 3.63) is 0 Å². The number of amides is 1. The molecule has 0 aliphatic heterocycles. The Morgan fingerprint density at radius 1 is 1.11 bits per heavy atom. The van der Waals surface area contributed by atoms with Gasteiger partial charge in [-0.15, -0.1) is 0 Å². The van der Waals surface area contributed by atoms with E-state index in [9.17, 15) is 4.79 Å². The van der Waals surface area contributed by atoms with Crippen molar-refractivity contribution in [1.29, 1.82) is 0 Å². The molecule has 2 fully saturated rings. The van der Waals surface area contributed by atoms with Crippen LogP contribution in [0.2, 0.25) is 0 Å². The number of hydrogen-bond donors (Lipinski definition) is 2. The smallest absolute Gasteiger partial charge is 0.223 e. The van der Waals surface area contributed by atoms with E-state index in [0.717, 1.165) is 44.6 Å². The lowest BCUT2D eigenvalue weighted by atomic mass is 9.77. The highest BCUT2D eigenvalue weighted by atomic mass is 16.1. The molecule has 110 valence electrons. The zero-order valence-corrected chi connectivity index (χ0v) is 12.5. The fourth-order valence-electron chi connectivity index (χ4n) is 3.75. The molecule has 3 nitrogen and oxygen atoms in total. The van der Waals surface area contributed by atoms with Crippen molar-refractivity contribution in [1.82, 2.24) is 5.32 Å². The van der Waals surface area contributed by atoms with Gasteiger partial charge in [0.25, 0.3) is 0 Å². The lowest BCUT2D eigenvalue weighted by molar-refractivity contribution is -0.127. The third kappa shape index (κ3) is 3.71. The van der Waals surface area contributed by atoms with Gasteiger partial charge in [0, 0.05) is 12.0 Å². The van der Waals surface area contributed by atoms with Crippen molar-refractivity contribution < 1.29 is 4.79 Å². The lowest BCUT2D eigenvalue weighted by Crippen LogP contribution is -2.46. The molecule has 3 N–H and O–H groups in total. The van der Waals surface area contributed by atoms with Crippen LogP contribution in [0.1, 0.15) is 58.8 Å². The van der Waals surface area contributed by atoms with Crippen LogP contribution in [0.25, 0.3) is 0 Å². The minimum absolute atomic E-state index is 0.243. The number of carbonyl (C=O) groups excluding carboxylic acids is 1. The Morgan fingerprint density at radius 3 is 2.42 bits per heavy atom. The molecule has 0 spiro atoms. The molecule has 0 radical (unpaired) electrons. The van der Waals surface area contributed by atoms with E-state index in [4.69, 9.17) is 5.73 Å². The fourth-order valence-corrected chi connectivity index (χ4v) is 3.75. The van der Waals surface area contributed by atoms with E-state index >= 15 is 0 Å². The number of nitrogens with one attached hydrogen (secondary N) is 1. The van der Waals surface area contributed by atoms with Crippen molar-refractivity contribution in [3.8, 4) is 0 Å². The summed E-state index contributed by atoms with van der Waals surface area (Å²) in [5.41, 5.74) is 5.71. The predicted octanol–water partition coefficient (Wildman–Crippen LogP) is 2.69. The Bertz CT molecular complexity index is 297. The number of carbonyl (C=O) groups is 1. The number of nitrogens with two attached hydrogens (primary N) is 1. The van der Waals surface area contributed by atoms with Gasteiger partial charge in [0.15, 0.2) is 0 Å². The quantitative estimate of drug-likeness (QED) is 0.825. The van der Waals surface area contributed by atoms with E-state index in [1.807, 2.05) is 0 Å². The van der Waals surface area contributed by atoms with E-state index in [1.165, 1.54) is 12.8 Å². The predicted molar refractivity (Wildman–Crippen MR) is 78.6 cm³/mol. The average Bonchev–Trinajstić information content (AvgIpc) is 2.44. The van der Waals surface area contributed by atoms with Gasteiger partial charge in [0.05, 0.1) is 0 Å². The molecule has 2 aliphatic rings. The molecule has 0 bridgehead atoms. The molecule has 0 aromatic carbocycles. The first-order chi connectivity index (χ1) is 9.11. The molecule has 2 rings (SSSR count). The molecule has 3 atom stereocenters. The molecular formula is C16H30N2O. The van der Waals surface area contributed by atoms with Crippen LogP contribution >= 0.6 is 0 Å². The van der Waals surface area contributed by atoms with Crippen molar-refractivity contribution in [2.75, 3.05) is 6.54 Å². The summed E-state index contributed by atoms with van der Waals surface area (Å²) in [5, 5.41) is 3.33. The van der Waals surface area contributed by atoms with Crippen LogP contribution in [0.3, 0.4) is 0 Å². The van der Waals surface area contributed by atoms with Crippen LogP contribution in [-0.4, -0.2) is 18.5 Å². The van der Waals surface area contributed by atoms with Crippen molar-refractivity contribution in [2.45, 2.75) is 64.8 Å². The Kier molecular flexibility index (Phi) is 5.26. The monoisotopic (exact) mass is 266 g/mol. The minimum Gasteiger partial charge on any atom is -0.353 e. The summed E-state index contributed by atoms with van der Waals surface area (Å²) in [6.07, 6.45) is 8.06. The molecule has 2 saturated carbocycles. The summed E-state index contributed by atoms with van der Waals surface area (Å²) in [7, 11) is 0. The first-order valence-corrected chi connectivity index (χ1v) is 8.12. The standard InChI is InChI=1S/C16H30N2O/c1-11-4-3-5-15(12(11)2)18-16(19)14-8-6-13(10-17)7-9-14/h11-15H,3-10,17H2,1-2H3,(H,18,19). The van der Waals surface area contributed by atoms with E-state index in [2.05, 4.69) is 19.2 Å². The second-order valence-corrected chi connectivity index (χ2v) is 6.84. The van der Waals surface area contributed by atoms with Gasteiger partial charge in [-0.3, -0.25) is 4.79 Å². The second-order valence-electron chi connectivity index (χ2n) is 6.84. The molecule has 19 heavy (non-hydrogen) atoms. The van der Waals surface area contributed by atoms with E-state index in [1.54, 1.807) is 0 Å². The third-order valence-electron chi connectivity index (χ3n) is 5.59. The van der Waals surface area contributed by atoms with Crippen LogP contribution in [0.4, 0.5) is 0 Å². The van der Waals surface area contributed by atoms with Crippen LogP contribution in [0, 0.1) is 23.7 Å². The molecule has 0 heterocycles. The Morgan fingerprint density at radius 2 is 1.79 bits per heavy atom. The Labute approximate surface area is 117 Å². The zero-order valence-electron chi connectivity index (χ0n) is 12.5. The molecule has 2 aliphatic carbocycles. The summed E-state index contributed by atoms with van der Waals surface area (Å²) in [5.74, 6) is 2.57. The minimum atomic E-state index is 0.243. The van der Waals surface area contributed by atoms with E-state index in [-0.39, 0.29) is 5.92 Å². The van der Waals surface area contributed by atoms with Crippen LogP contribution in [-0.2, 0) is 4.79 Å². The van der Waals surface area contributed by atoms with Crippen LogP contribution < -0.4 is 11.1 Å². The molecule has 0 aromatic heterocycles. The van der Waals surface area contributed by atoms with Crippen LogP contribution in [0.5, 0.6) is 0 Å². The average molecular weight is 266 g/mol. The molecule has 3 unspecified atom stereocenters. The molecule has 3 heteroatoms. The highest BCUT2D eigenvalue weighted by Crippen LogP contribution is 2.31. The molecular weight excluding hydrogens is 236 g/mol.